The molecule has 1 aromatic carbocycles. The highest BCUT2D eigenvalue weighted by Crippen LogP contribution is 2.26. The number of fused-ring (bicyclic) bond motifs is 1. The molecule has 0 saturated carbocycles. The van der Waals surface area contributed by atoms with Crippen molar-refractivity contribution >= 4 is 35.1 Å². The van der Waals surface area contributed by atoms with Gasteiger partial charge in [-0.3, -0.25) is 9.59 Å². The summed E-state index contributed by atoms with van der Waals surface area (Å²) < 4.78 is 10.5. The predicted molar refractivity (Wildman–Crippen MR) is 83.9 cm³/mol. The molecule has 0 saturated heterocycles. The fourth-order valence-corrected chi connectivity index (χ4v) is 2.02. The first kappa shape index (κ1) is 15.1. The molecule has 0 fully saturated rings. The zero-order chi connectivity index (χ0) is 16.2. The Morgan fingerprint density at radius 1 is 1.30 bits per heavy atom. The number of nitrogens with one attached hydrogen (secondary N) is 2. The average Bonchev–Trinajstić information content (AvgIpc) is 2.54. The first-order valence-corrected chi connectivity index (χ1v) is 7.10. The van der Waals surface area contributed by atoms with E-state index in [1.807, 2.05) is 0 Å². The van der Waals surface area contributed by atoms with Crippen molar-refractivity contribution in [2.45, 2.75) is 0 Å². The van der Waals surface area contributed by atoms with Crippen LogP contribution in [0.5, 0.6) is 11.5 Å². The first-order valence-electron chi connectivity index (χ1n) is 6.72. The number of hydrogen-bond acceptors (Lipinski definition) is 5. The zero-order valence-corrected chi connectivity index (χ0v) is 12.6. The van der Waals surface area contributed by atoms with Gasteiger partial charge in [-0.25, -0.2) is 4.98 Å². The molecule has 118 valence electrons. The van der Waals surface area contributed by atoms with E-state index in [0.29, 0.717) is 22.3 Å². The summed E-state index contributed by atoms with van der Waals surface area (Å²) in [6, 6.07) is 9.87. The van der Waals surface area contributed by atoms with Crippen LogP contribution in [0.1, 0.15) is 0 Å². The SMILES string of the molecule is O=C(COc1ccc(Cl)cc1)Nc1ccc2c(n1)NC(=O)CO2. The number of hydrogen-bond donors (Lipinski definition) is 2. The van der Waals surface area contributed by atoms with Crippen LogP contribution in [-0.4, -0.2) is 30.0 Å². The molecule has 0 aliphatic carbocycles. The minimum atomic E-state index is -0.379. The lowest BCUT2D eigenvalue weighted by molar-refractivity contribution is -0.119. The number of halogens is 1. The van der Waals surface area contributed by atoms with Gasteiger partial charge in [-0.05, 0) is 36.4 Å². The van der Waals surface area contributed by atoms with Gasteiger partial charge in [-0.15, -0.1) is 0 Å². The molecular formula is C15H12ClN3O4. The fraction of sp³-hybridized carbons (Fsp3) is 0.133. The Kier molecular flexibility index (Phi) is 4.29. The summed E-state index contributed by atoms with van der Waals surface area (Å²) in [5.74, 6) is 0.885. The lowest BCUT2D eigenvalue weighted by Crippen LogP contribution is -2.27. The van der Waals surface area contributed by atoms with Gasteiger partial charge in [-0.2, -0.15) is 0 Å². The monoisotopic (exact) mass is 333 g/mol. The quantitative estimate of drug-likeness (QED) is 0.894. The smallest absolute Gasteiger partial charge is 0.263 e. The summed E-state index contributed by atoms with van der Waals surface area (Å²) >= 11 is 5.77. The van der Waals surface area contributed by atoms with Crippen LogP contribution < -0.4 is 20.1 Å². The van der Waals surface area contributed by atoms with E-state index in [2.05, 4.69) is 15.6 Å². The molecule has 0 spiro atoms. The normalized spacial score (nSPS) is 12.7. The standard InChI is InChI=1S/C15H12ClN3O4/c16-9-1-3-10(4-2-9)22-7-13(20)17-12-6-5-11-15(18-12)19-14(21)8-23-11/h1-6H,7-8H2,(H2,17,18,19,20,21). The number of aromatic nitrogens is 1. The van der Waals surface area contributed by atoms with Gasteiger partial charge < -0.3 is 20.1 Å². The Morgan fingerprint density at radius 2 is 2.09 bits per heavy atom. The molecule has 1 aromatic heterocycles. The Labute approximate surface area is 136 Å². The van der Waals surface area contributed by atoms with Crippen molar-refractivity contribution in [2.24, 2.45) is 0 Å². The number of ether oxygens (including phenoxy) is 2. The minimum absolute atomic E-state index is 0.0463. The van der Waals surface area contributed by atoms with E-state index >= 15 is 0 Å². The van der Waals surface area contributed by atoms with Gasteiger partial charge >= 0.3 is 0 Å². The zero-order valence-electron chi connectivity index (χ0n) is 11.8. The largest absolute Gasteiger partial charge is 0.484 e. The van der Waals surface area contributed by atoms with Gasteiger partial charge in [0.25, 0.3) is 11.8 Å². The van der Waals surface area contributed by atoms with Crippen molar-refractivity contribution in [1.29, 1.82) is 0 Å². The lowest BCUT2D eigenvalue weighted by atomic mass is 10.3. The van der Waals surface area contributed by atoms with Crippen LogP contribution in [0.25, 0.3) is 0 Å². The Morgan fingerprint density at radius 3 is 2.87 bits per heavy atom. The lowest BCUT2D eigenvalue weighted by Gasteiger charge is -2.17. The van der Waals surface area contributed by atoms with Crippen LogP contribution in [0.4, 0.5) is 11.6 Å². The molecule has 2 heterocycles. The third-order valence-electron chi connectivity index (χ3n) is 2.93. The summed E-state index contributed by atoms with van der Waals surface area (Å²) in [6.07, 6.45) is 0. The highest BCUT2D eigenvalue weighted by molar-refractivity contribution is 6.30. The van der Waals surface area contributed by atoms with Crippen LogP contribution in [0.3, 0.4) is 0 Å². The first-order chi connectivity index (χ1) is 11.1. The average molecular weight is 334 g/mol. The number of amides is 2. The molecule has 2 amide bonds. The van der Waals surface area contributed by atoms with Gasteiger partial charge in [0.15, 0.2) is 24.8 Å². The topological polar surface area (TPSA) is 89.5 Å². The highest BCUT2D eigenvalue weighted by Gasteiger charge is 2.18. The fourth-order valence-electron chi connectivity index (χ4n) is 1.89. The molecule has 3 rings (SSSR count). The predicted octanol–water partition coefficient (Wildman–Crippen LogP) is 2.08. The number of carbonyl (C=O) groups excluding carboxylic acids is 2. The Balaban J connectivity index is 1.58. The van der Waals surface area contributed by atoms with Crippen molar-refractivity contribution in [3.05, 3.63) is 41.4 Å². The molecule has 23 heavy (non-hydrogen) atoms. The second-order valence-electron chi connectivity index (χ2n) is 4.67. The van der Waals surface area contributed by atoms with Crippen molar-refractivity contribution in [3.63, 3.8) is 0 Å². The van der Waals surface area contributed by atoms with Crippen LogP contribution >= 0.6 is 11.6 Å². The number of benzene rings is 1. The summed E-state index contributed by atoms with van der Waals surface area (Å²) in [5.41, 5.74) is 0. The molecule has 0 radical (unpaired) electrons. The van der Waals surface area contributed by atoms with Crippen molar-refractivity contribution in [3.8, 4) is 11.5 Å². The molecule has 8 heteroatoms. The number of nitrogens with zero attached hydrogens (tertiary/aromatic N) is 1. The Bertz CT molecular complexity index is 749. The van der Waals surface area contributed by atoms with Crippen molar-refractivity contribution in [1.82, 2.24) is 4.98 Å². The van der Waals surface area contributed by atoms with Gasteiger partial charge in [0.05, 0.1) is 0 Å². The van der Waals surface area contributed by atoms with Gasteiger partial charge in [-0.1, -0.05) is 11.6 Å². The molecule has 0 bridgehead atoms. The maximum atomic E-state index is 11.9. The second kappa shape index (κ2) is 6.53. The number of anilines is 2. The van der Waals surface area contributed by atoms with E-state index < -0.39 is 0 Å². The van der Waals surface area contributed by atoms with E-state index in [1.165, 1.54) is 0 Å². The summed E-state index contributed by atoms with van der Waals surface area (Å²) in [5, 5.41) is 5.73. The van der Waals surface area contributed by atoms with Crippen LogP contribution in [0.2, 0.25) is 5.02 Å². The molecule has 0 atom stereocenters. The van der Waals surface area contributed by atoms with E-state index in [0.717, 1.165) is 0 Å². The summed E-state index contributed by atoms with van der Waals surface area (Å²) in [7, 11) is 0. The molecule has 1 aliphatic heterocycles. The van der Waals surface area contributed by atoms with E-state index in [9.17, 15) is 9.59 Å². The summed E-state index contributed by atoms with van der Waals surface area (Å²) in [6.45, 7) is -0.224. The maximum absolute atomic E-state index is 11.9. The van der Waals surface area contributed by atoms with Crippen molar-refractivity contribution in [2.75, 3.05) is 23.8 Å². The van der Waals surface area contributed by atoms with Gasteiger partial charge in [0.1, 0.15) is 11.6 Å². The third kappa shape index (κ3) is 3.89. The molecule has 0 unspecified atom stereocenters. The maximum Gasteiger partial charge on any atom is 0.263 e. The minimum Gasteiger partial charge on any atom is -0.484 e. The number of carbonyl (C=O) groups is 2. The van der Waals surface area contributed by atoms with Gasteiger partial charge in [0, 0.05) is 5.02 Å². The highest BCUT2D eigenvalue weighted by atomic mass is 35.5. The second-order valence-corrected chi connectivity index (χ2v) is 5.11. The Hall–Kier alpha value is -2.80. The van der Waals surface area contributed by atoms with E-state index in [1.54, 1.807) is 36.4 Å². The number of pyridine rings is 1. The van der Waals surface area contributed by atoms with Gasteiger partial charge in [0.2, 0.25) is 0 Å². The molecular weight excluding hydrogens is 322 g/mol. The summed E-state index contributed by atoms with van der Waals surface area (Å²) in [4.78, 5) is 27.2. The third-order valence-corrected chi connectivity index (χ3v) is 3.18. The van der Waals surface area contributed by atoms with Crippen LogP contribution in [0, 0.1) is 0 Å². The molecule has 2 aromatic rings. The number of rotatable bonds is 4. The molecule has 7 nitrogen and oxygen atoms in total. The van der Waals surface area contributed by atoms with Crippen molar-refractivity contribution < 1.29 is 19.1 Å². The molecule has 1 aliphatic rings. The molecule has 2 N–H and O–H groups in total. The van der Waals surface area contributed by atoms with E-state index in [4.69, 9.17) is 21.1 Å². The van der Waals surface area contributed by atoms with Crippen LogP contribution in [0.15, 0.2) is 36.4 Å². The van der Waals surface area contributed by atoms with Crippen LogP contribution in [-0.2, 0) is 9.59 Å². The van der Waals surface area contributed by atoms with E-state index in [-0.39, 0.29) is 30.8 Å².